The summed E-state index contributed by atoms with van der Waals surface area (Å²) in [6.45, 7) is 0. The van der Waals surface area contributed by atoms with Crippen LogP contribution in [-0.2, 0) is 4.74 Å². The number of nitrogens with two attached hydrogens (primary N) is 1. The van der Waals surface area contributed by atoms with Gasteiger partial charge in [0.25, 0.3) is 5.91 Å². The smallest absolute Gasteiger partial charge is 0.337 e. The Morgan fingerprint density at radius 1 is 1.10 bits per heavy atom. The molecule has 0 fully saturated rings. The van der Waals surface area contributed by atoms with Gasteiger partial charge >= 0.3 is 5.97 Å². The third kappa shape index (κ3) is 3.11. The van der Waals surface area contributed by atoms with Crippen molar-refractivity contribution in [2.24, 2.45) is 5.73 Å². The van der Waals surface area contributed by atoms with Crippen LogP contribution in [0.2, 0.25) is 0 Å². The minimum atomic E-state index is -0.628. The molecule has 2 aromatic rings. The molecule has 1 heterocycles. The van der Waals surface area contributed by atoms with Gasteiger partial charge in [-0.25, -0.2) is 4.79 Å². The maximum Gasteiger partial charge on any atom is 0.337 e. The Morgan fingerprint density at radius 2 is 1.80 bits per heavy atom. The van der Waals surface area contributed by atoms with Crippen molar-refractivity contribution in [1.82, 2.24) is 4.98 Å². The van der Waals surface area contributed by atoms with Crippen LogP contribution < -0.4 is 10.5 Å². The number of nitrogens with zero attached hydrogens (tertiary/aromatic N) is 1. The number of hydrogen-bond donors (Lipinski definition) is 1. The van der Waals surface area contributed by atoms with Gasteiger partial charge in [-0.3, -0.25) is 9.78 Å². The van der Waals surface area contributed by atoms with Crippen molar-refractivity contribution in [3.05, 3.63) is 53.9 Å². The first-order chi connectivity index (χ1) is 9.60. The van der Waals surface area contributed by atoms with E-state index < -0.39 is 11.9 Å². The molecule has 2 rings (SSSR count). The summed E-state index contributed by atoms with van der Waals surface area (Å²) in [5.74, 6) is -0.105. The summed E-state index contributed by atoms with van der Waals surface area (Å²) < 4.78 is 10.1. The molecule has 0 unspecified atom stereocenters. The summed E-state index contributed by atoms with van der Waals surface area (Å²) in [5, 5.41) is 0. The zero-order valence-corrected chi connectivity index (χ0v) is 10.7. The first-order valence-electron chi connectivity index (χ1n) is 5.72. The van der Waals surface area contributed by atoms with Gasteiger partial charge in [0.1, 0.15) is 17.2 Å². The minimum absolute atomic E-state index is 0.119. The van der Waals surface area contributed by atoms with Crippen LogP contribution in [-0.4, -0.2) is 24.0 Å². The summed E-state index contributed by atoms with van der Waals surface area (Å²) in [4.78, 5) is 26.1. The number of primary amides is 1. The Morgan fingerprint density at radius 3 is 2.40 bits per heavy atom. The minimum Gasteiger partial charge on any atom is -0.465 e. The highest BCUT2D eigenvalue weighted by atomic mass is 16.5. The van der Waals surface area contributed by atoms with Crippen molar-refractivity contribution in [3.8, 4) is 11.5 Å². The molecule has 6 nitrogen and oxygen atoms in total. The molecular weight excluding hydrogens is 260 g/mol. The lowest BCUT2D eigenvalue weighted by Gasteiger charge is -2.06. The highest BCUT2D eigenvalue weighted by Crippen LogP contribution is 2.21. The van der Waals surface area contributed by atoms with Gasteiger partial charge in [-0.15, -0.1) is 0 Å². The van der Waals surface area contributed by atoms with Crippen LogP contribution in [0.5, 0.6) is 11.5 Å². The van der Waals surface area contributed by atoms with Gasteiger partial charge in [0, 0.05) is 12.3 Å². The zero-order chi connectivity index (χ0) is 14.5. The fourth-order valence-electron chi connectivity index (χ4n) is 1.52. The summed E-state index contributed by atoms with van der Waals surface area (Å²) in [6.07, 6.45) is 1.43. The molecule has 0 aliphatic heterocycles. The summed E-state index contributed by atoms with van der Waals surface area (Å²) in [6, 6.07) is 9.44. The molecule has 6 heteroatoms. The lowest BCUT2D eigenvalue weighted by Crippen LogP contribution is -2.12. The topological polar surface area (TPSA) is 91.5 Å². The number of rotatable bonds is 4. The number of hydrogen-bond acceptors (Lipinski definition) is 5. The molecule has 0 atom stereocenters. The number of carbonyl (C=O) groups is 2. The second-order valence-electron chi connectivity index (χ2n) is 3.86. The molecule has 1 amide bonds. The number of amides is 1. The average molecular weight is 272 g/mol. The number of pyridine rings is 1. The third-order valence-corrected chi connectivity index (χ3v) is 2.49. The average Bonchev–Trinajstić information content (AvgIpc) is 2.47. The summed E-state index contributed by atoms with van der Waals surface area (Å²) in [5.41, 5.74) is 5.68. The molecule has 1 aromatic heterocycles. The predicted octanol–water partition coefficient (Wildman–Crippen LogP) is 1.76. The second-order valence-corrected chi connectivity index (χ2v) is 3.86. The normalized spacial score (nSPS) is 9.85. The third-order valence-electron chi connectivity index (χ3n) is 2.49. The summed E-state index contributed by atoms with van der Waals surface area (Å²) in [7, 11) is 1.31. The van der Waals surface area contributed by atoms with E-state index >= 15 is 0 Å². The fourth-order valence-corrected chi connectivity index (χ4v) is 1.52. The molecule has 0 saturated heterocycles. The van der Waals surface area contributed by atoms with Crippen LogP contribution in [0.1, 0.15) is 20.8 Å². The lowest BCUT2D eigenvalue weighted by atomic mass is 10.2. The maximum atomic E-state index is 11.3. The van der Waals surface area contributed by atoms with E-state index in [1.165, 1.54) is 19.4 Å². The molecular formula is C14H12N2O4. The van der Waals surface area contributed by atoms with Crippen molar-refractivity contribution < 1.29 is 19.1 Å². The number of methoxy groups -OCH3 is 1. The van der Waals surface area contributed by atoms with E-state index in [9.17, 15) is 9.59 Å². The van der Waals surface area contributed by atoms with Crippen LogP contribution in [0.3, 0.4) is 0 Å². The van der Waals surface area contributed by atoms with Gasteiger partial charge in [0.2, 0.25) is 0 Å². The van der Waals surface area contributed by atoms with Gasteiger partial charge < -0.3 is 15.2 Å². The Hall–Kier alpha value is -2.89. The van der Waals surface area contributed by atoms with E-state index in [0.29, 0.717) is 17.1 Å². The number of ether oxygens (including phenoxy) is 2. The van der Waals surface area contributed by atoms with Crippen molar-refractivity contribution in [3.63, 3.8) is 0 Å². The highest BCUT2D eigenvalue weighted by molar-refractivity contribution is 5.91. The van der Waals surface area contributed by atoms with Gasteiger partial charge in [-0.2, -0.15) is 0 Å². The molecule has 0 aliphatic carbocycles. The second kappa shape index (κ2) is 5.83. The Labute approximate surface area is 115 Å². The Balaban J connectivity index is 2.16. The van der Waals surface area contributed by atoms with Crippen LogP contribution in [0.15, 0.2) is 42.6 Å². The van der Waals surface area contributed by atoms with E-state index in [2.05, 4.69) is 9.72 Å². The zero-order valence-electron chi connectivity index (χ0n) is 10.7. The predicted molar refractivity (Wildman–Crippen MR) is 70.6 cm³/mol. The van der Waals surface area contributed by atoms with Crippen LogP contribution >= 0.6 is 0 Å². The van der Waals surface area contributed by atoms with E-state index in [0.717, 1.165) is 0 Å². The SMILES string of the molecule is COC(=O)c1ccc(Oc2ccnc(C(N)=O)c2)cc1. The van der Waals surface area contributed by atoms with Gasteiger partial charge in [-0.1, -0.05) is 0 Å². The van der Waals surface area contributed by atoms with E-state index in [1.807, 2.05) is 0 Å². The van der Waals surface area contributed by atoms with E-state index in [-0.39, 0.29) is 5.69 Å². The first-order valence-corrected chi connectivity index (χ1v) is 5.72. The quantitative estimate of drug-likeness (QED) is 0.856. The number of carbonyl (C=O) groups excluding carboxylic acids is 2. The Kier molecular flexibility index (Phi) is 3.95. The molecule has 0 saturated carbocycles. The lowest BCUT2D eigenvalue weighted by molar-refractivity contribution is 0.0600. The van der Waals surface area contributed by atoms with Crippen molar-refractivity contribution in [1.29, 1.82) is 0 Å². The van der Waals surface area contributed by atoms with Crippen molar-refractivity contribution in [2.75, 3.05) is 7.11 Å². The fraction of sp³-hybridized carbons (Fsp3) is 0.0714. The molecule has 1 aromatic carbocycles. The summed E-state index contributed by atoms with van der Waals surface area (Å²) >= 11 is 0. The van der Waals surface area contributed by atoms with Gasteiger partial charge in [0.15, 0.2) is 0 Å². The van der Waals surface area contributed by atoms with Crippen LogP contribution in [0.4, 0.5) is 0 Å². The monoisotopic (exact) mass is 272 g/mol. The van der Waals surface area contributed by atoms with Crippen LogP contribution in [0, 0.1) is 0 Å². The molecule has 0 radical (unpaired) electrons. The van der Waals surface area contributed by atoms with E-state index in [1.54, 1.807) is 30.3 Å². The Bertz CT molecular complexity index is 638. The molecule has 0 spiro atoms. The first kappa shape index (κ1) is 13.5. The van der Waals surface area contributed by atoms with Crippen molar-refractivity contribution in [2.45, 2.75) is 0 Å². The van der Waals surface area contributed by atoms with Gasteiger partial charge in [-0.05, 0) is 30.3 Å². The number of esters is 1. The molecule has 2 N–H and O–H groups in total. The molecule has 20 heavy (non-hydrogen) atoms. The molecule has 102 valence electrons. The van der Waals surface area contributed by atoms with Crippen LogP contribution in [0.25, 0.3) is 0 Å². The standard InChI is InChI=1S/C14H12N2O4/c1-19-14(18)9-2-4-10(5-3-9)20-11-6-7-16-12(8-11)13(15)17/h2-8H,1H3,(H2,15,17). The maximum absolute atomic E-state index is 11.3. The number of benzene rings is 1. The highest BCUT2D eigenvalue weighted by Gasteiger charge is 2.07. The number of aromatic nitrogens is 1. The van der Waals surface area contributed by atoms with Crippen molar-refractivity contribution >= 4 is 11.9 Å². The largest absolute Gasteiger partial charge is 0.465 e. The molecule has 0 aliphatic rings. The molecule has 0 bridgehead atoms. The van der Waals surface area contributed by atoms with E-state index in [4.69, 9.17) is 10.5 Å². The van der Waals surface area contributed by atoms with Gasteiger partial charge in [0.05, 0.1) is 12.7 Å².